The lowest BCUT2D eigenvalue weighted by Gasteiger charge is -2.16. The molecule has 2 unspecified atom stereocenters. The van der Waals surface area contributed by atoms with Crippen LogP contribution >= 0.6 is 15.9 Å². The predicted molar refractivity (Wildman–Crippen MR) is 71.8 cm³/mol. The van der Waals surface area contributed by atoms with Gasteiger partial charge in [-0.1, -0.05) is 22.9 Å². The summed E-state index contributed by atoms with van der Waals surface area (Å²) in [6, 6.07) is 6.38. The fourth-order valence-electron chi connectivity index (χ4n) is 2.00. The second kappa shape index (κ2) is 6.26. The number of benzene rings is 1. The minimum atomic E-state index is 0.258. The van der Waals surface area contributed by atoms with E-state index in [0.29, 0.717) is 5.92 Å². The summed E-state index contributed by atoms with van der Waals surface area (Å²) in [4.78, 5) is 0. The van der Waals surface area contributed by atoms with Crippen molar-refractivity contribution in [1.82, 2.24) is 0 Å². The van der Waals surface area contributed by atoms with Crippen LogP contribution in [0.2, 0.25) is 0 Å². The van der Waals surface area contributed by atoms with Crippen LogP contribution in [0, 0.1) is 5.92 Å². The van der Waals surface area contributed by atoms with Crippen molar-refractivity contribution >= 4 is 15.9 Å². The largest absolute Gasteiger partial charge is 0.496 e. The monoisotopic (exact) mass is 285 g/mol. The van der Waals surface area contributed by atoms with Gasteiger partial charge in [0.2, 0.25) is 0 Å². The van der Waals surface area contributed by atoms with Crippen LogP contribution in [0.1, 0.15) is 25.8 Å². The third-order valence-corrected chi connectivity index (χ3v) is 3.08. The number of halogens is 1. The van der Waals surface area contributed by atoms with Crippen molar-refractivity contribution < 1.29 is 4.74 Å². The number of methoxy groups -OCH3 is 1. The summed E-state index contributed by atoms with van der Waals surface area (Å²) < 4.78 is 6.45. The molecule has 0 aliphatic carbocycles. The minimum Gasteiger partial charge on any atom is -0.496 e. The molecule has 0 aliphatic heterocycles. The lowest BCUT2D eigenvalue weighted by Crippen LogP contribution is -2.19. The van der Waals surface area contributed by atoms with Crippen LogP contribution in [-0.4, -0.2) is 13.2 Å². The Balaban J connectivity index is 2.74. The van der Waals surface area contributed by atoms with Crippen molar-refractivity contribution in [2.75, 3.05) is 7.11 Å². The molecule has 0 bridgehead atoms. The van der Waals surface area contributed by atoms with Crippen LogP contribution in [0.15, 0.2) is 22.7 Å². The maximum atomic E-state index is 5.81. The van der Waals surface area contributed by atoms with Crippen molar-refractivity contribution in [3.63, 3.8) is 0 Å². The Morgan fingerprint density at radius 1 is 1.38 bits per heavy atom. The van der Waals surface area contributed by atoms with Gasteiger partial charge < -0.3 is 10.5 Å². The molecule has 1 aromatic carbocycles. The zero-order chi connectivity index (χ0) is 12.1. The van der Waals surface area contributed by atoms with Gasteiger partial charge in [-0.25, -0.2) is 0 Å². The highest BCUT2D eigenvalue weighted by Gasteiger charge is 2.10. The summed E-state index contributed by atoms with van der Waals surface area (Å²) in [7, 11) is 1.71. The van der Waals surface area contributed by atoms with Crippen LogP contribution in [0.5, 0.6) is 5.75 Å². The molecule has 2 nitrogen and oxygen atoms in total. The molecule has 3 heteroatoms. The van der Waals surface area contributed by atoms with Crippen LogP contribution < -0.4 is 10.5 Å². The molecule has 2 N–H and O–H groups in total. The predicted octanol–water partition coefficient (Wildman–Crippen LogP) is 3.37. The summed E-state index contributed by atoms with van der Waals surface area (Å²) in [5.41, 5.74) is 7.05. The Morgan fingerprint density at radius 2 is 2.06 bits per heavy atom. The van der Waals surface area contributed by atoms with Crippen LogP contribution in [0.3, 0.4) is 0 Å². The highest BCUT2D eigenvalue weighted by Crippen LogP contribution is 2.26. The number of hydrogen-bond donors (Lipinski definition) is 1. The van der Waals surface area contributed by atoms with Gasteiger partial charge in [-0.3, -0.25) is 0 Å². The van der Waals surface area contributed by atoms with E-state index in [1.54, 1.807) is 7.11 Å². The molecular formula is C13H20BrNO. The molecule has 0 heterocycles. The molecule has 0 radical (unpaired) electrons. The highest BCUT2D eigenvalue weighted by molar-refractivity contribution is 9.10. The Kier molecular flexibility index (Phi) is 5.29. The van der Waals surface area contributed by atoms with E-state index in [1.165, 1.54) is 5.56 Å². The molecule has 2 atom stereocenters. The molecule has 1 aromatic rings. The second-order valence-electron chi connectivity index (χ2n) is 4.48. The van der Waals surface area contributed by atoms with Crippen LogP contribution in [0.25, 0.3) is 0 Å². The number of rotatable bonds is 5. The molecule has 0 aliphatic rings. The van der Waals surface area contributed by atoms with Crippen molar-refractivity contribution in [1.29, 1.82) is 0 Å². The Hall–Kier alpha value is -0.540. The number of nitrogens with two attached hydrogens (primary N) is 1. The quantitative estimate of drug-likeness (QED) is 0.900. The van der Waals surface area contributed by atoms with E-state index in [-0.39, 0.29) is 6.04 Å². The fourth-order valence-corrected chi connectivity index (χ4v) is 2.41. The Bertz CT molecular complexity index is 339. The number of ether oxygens (including phenoxy) is 1. The second-order valence-corrected chi connectivity index (χ2v) is 5.39. The molecule has 0 spiro atoms. The molecular weight excluding hydrogens is 266 g/mol. The molecule has 0 saturated carbocycles. The molecule has 16 heavy (non-hydrogen) atoms. The average Bonchev–Trinajstić information content (AvgIpc) is 2.16. The van der Waals surface area contributed by atoms with Gasteiger partial charge >= 0.3 is 0 Å². The third kappa shape index (κ3) is 4.14. The first-order chi connectivity index (χ1) is 7.52. The van der Waals surface area contributed by atoms with E-state index in [0.717, 1.165) is 23.1 Å². The van der Waals surface area contributed by atoms with E-state index < -0.39 is 0 Å². The third-order valence-electron chi connectivity index (χ3n) is 2.58. The minimum absolute atomic E-state index is 0.258. The van der Waals surface area contributed by atoms with Crippen LogP contribution in [-0.2, 0) is 6.42 Å². The Labute approximate surface area is 106 Å². The van der Waals surface area contributed by atoms with Gasteiger partial charge in [-0.2, -0.15) is 0 Å². The molecule has 90 valence electrons. The topological polar surface area (TPSA) is 35.2 Å². The molecule has 0 fully saturated rings. The number of hydrogen-bond acceptors (Lipinski definition) is 2. The first-order valence-electron chi connectivity index (χ1n) is 5.61. The lowest BCUT2D eigenvalue weighted by molar-refractivity contribution is 0.401. The summed E-state index contributed by atoms with van der Waals surface area (Å²) in [6.45, 7) is 4.28. The van der Waals surface area contributed by atoms with Crippen molar-refractivity contribution in [2.24, 2.45) is 11.7 Å². The van der Waals surface area contributed by atoms with Crippen molar-refractivity contribution in [3.05, 3.63) is 28.2 Å². The zero-order valence-electron chi connectivity index (χ0n) is 10.2. The summed E-state index contributed by atoms with van der Waals surface area (Å²) in [6.07, 6.45) is 2.04. The normalized spacial score (nSPS) is 14.6. The SMILES string of the molecule is COc1ccc(Br)cc1CC(C)CC(C)N. The summed E-state index contributed by atoms with van der Waals surface area (Å²) in [5, 5.41) is 0. The van der Waals surface area contributed by atoms with Gasteiger partial charge in [0.1, 0.15) is 5.75 Å². The van der Waals surface area contributed by atoms with Gasteiger partial charge in [0, 0.05) is 10.5 Å². The first-order valence-corrected chi connectivity index (χ1v) is 6.40. The standard InChI is InChI=1S/C13H20BrNO/c1-9(6-10(2)15)7-11-8-12(14)4-5-13(11)16-3/h4-5,8-10H,6-7,15H2,1-3H3. The maximum Gasteiger partial charge on any atom is 0.122 e. The van der Waals surface area contributed by atoms with Gasteiger partial charge in [0.05, 0.1) is 7.11 Å². The van der Waals surface area contributed by atoms with Gasteiger partial charge in [-0.15, -0.1) is 0 Å². The van der Waals surface area contributed by atoms with Crippen molar-refractivity contribution in [3.8, 4) is 5.75 Å². The van der Waals surface area contributed by atoms with Gasteiger partial charge in [0.15, 0.2) is 0 Å². The highest BCUT2D eigenvalue weighted by atomic mass is 79.9. The van der Waals surface area contributed by atoms with Gasteiger partial charge in [0.25, 0.3) is 0 Å². The first kappa shape index (κ1) is 13.5. The van der Waals surface area contributed by atoms with E-state index in [1.807, 2.05) is 12.1 Å². The maximum absolute atomic E-state index is 5.81. The van der Waals surface area contributed by atoms with E-state index in [9.17, 15) is 0 Å². The van der Waals surface area contributed by atoms with Crippen molar-refractivity contribution in [2.45, 2.75) is 32.7 Å². The average molecular weight is 286 g/mol. The van der Waals surface area contributed by atoms with Gasteiger partial charge in [-0.05, 0) is 49.4 Å². The van der Waals surface area contributed by atoms with E-state index >= 15 is 0 Å². The Morgan fingerprint density at radius 3 is 2.62 bits per heavy atom. The molecule has 1 rings (SSSR count). The summed E-state index contributed by atoms with van der Waals surface area (Å²) in [5.74, 6) is 1.53. The zero-order valence-corrected chi connectivity index (χ0v) is 11.8. The molecule has 0 aromatic heterocycles. The van der Waals surface area contributed by atoms with E-state index in [4.69, 9.17) is 10.5 Å². The summed E-state index contributed by atoms with van der Waals surface area (Å²) >= 11 is 3.49. The lowest BCUT2D eigenvalue weighted by atomic mass is 9.95. The van der Waals surface area contributed by atoms with E-state index in [2.05, 4.69) is 35.8 Å². The fraction of sp³-hybridized carbons (Fsp3) is 0.538. The smallest absolute Gasteiger partial charge is 0.122 e. The molecule has 0 amide bonds. The van der Waals surface area contributed by atoms with Crippen LogP contribution in [0.4, 0.5) is 0 Å². The molecule has 0 saturated heterocycles.